The Balaban J connectivity index is 0.000000202. The topological polar surface area (TPSA) is 40.1 Å². The van der Waals surface area contributed by atoms with Gasteiger partial charge in [-0.3, -0.25) is 0 Å². The summed E-state index contributed by atoms with van der Waals surface area (Å²) in [6, 6.07) is 12.0. The first-order valence-corrected chi connectivity index (χ1v) is 3.97. The molecule has 0 aliphatic heterocycles. The smallest absolute Gasteiger partial charge is 0.0414 e. The van der Waals surface area contributed by atoms with Crippen LogP contribution in [0.4, 0.5) is 0 Å². The Morgan fingerprint density at radius 3 is 1.50 bits per heavy atom. The average molecular weight is 165 g/mol. The van der Waals surface area contributed by atoms with Gasteiger partial charge < -0.3 is 9.90 Å². The molecule has 0 unspecified atom stereocenters. The quantitative estimate of drug-likeness (QED) is 0.661. The standard InChI is InChI=1S/C6H6.C4H8O2/c1-2-4-6-5-3-1;1-2-3-4(5)6/h1-6H;2-3H2,1H3,(H,5,6)/p-1. The van der Waals surface area contributed by atoms with Gasteiger partial charge in [0.1, 0.15) is 0 Å². The van der Waals surface area contributed by atoms with E-state index in [4.69, 9.17) is 0 Å². The van der Waals surface area contributed by atoms with Crippen LogP contribution in [0, 0.1) is 0 Å². The molecule has 0 atom stereocenters. The lowest BCUT2D eigenvalue weighted by molar-refractivity contribution is -0.305. The molecule has 66 valence electrons. The van der Waals surface area contributed by atoms with Crippen molar-refractivity contribution in [3.05, 3.63) is 36.4 Å². The zero-order chi connectivity index (χ0) is 9.23. The van der Waals surface area contributed by atoms with E-state index >= 15 is 0 Å². The van der Waals surface area contributed by atoms with Crippen molar-refractivity contribution >= 4 is 5.97 Å². The minimum atomic E-state index is -0.961. The lowest BCUT2D eigenvalue weighted by Crippen LogP contribution is -2.20. The first kappa shape index (κ1) is 10.7. The Labute approximate surface area is 72.9 Å². The third-order valence-electron chi connectivity index (χ3n) is 1.12. The molecule has 0 aliphatic rings. The number of carbonyl (C=O) groups is 1. The summed E-state index contributed by atoms with van der Waals surface area (Å²) in [7, 11) is 0. The number of aliphatic carboxylic acids is 1. The van der Waals surface area contributed by atoms with Gasteiger partial charge in [0.15, 0.2) is 0 Å². The summed E-state index contributed by atoms with van der Waals surface area (Å²) in [4.78, 5) is 9.49. The average Bonchev–Trinajstić information content (AvgIpc) is 2.08. The predicted molar refractivity (Wildman–Crippen MR) is 46.4 cm³/mol. The highest BCUT2D eigenvalue weighted by Crippen LogP contribution is 1.80. The van der Waals surface area contributed by atoms with Crippen molar-refractivity contribution in [2.24, 2.45) is 0 Å². The molecule has 0 fully saturated rings. The number of hydrogen-bond donors (Lipinski definition) is 0. The maximum Gasteiger partial charge on any atom is 0.0414 e. The van der Waals surface area contributed by atoms with Gasteiger partial charge in [-0.05, 0) is 6.42 Å². The molecular weight excluding hydrogens is 152 g/mol. The molecule has 0 amide bonds. The van der Waals surface area contributed by atoms with Crippen LogP contribution < -0.4 is 5.11 Å². The second kappa shape index (κ2) is 7.79. The van der Waals surface area contributed by atoms with Gasteiger partial charge in [-0.25, -0.2) is 0 Å². The molecule has 12 heavy (non-hydrogen) atoms. The molecule has 1 rings (SSSR count). The van der Waals surface area contributed by atoms with E-state index in [2.05, 4.69) is 0 Å². The van der Waals surface area contributed by atoms with Crippen molar-refractivity contribution in [1.82, 2.24) is 0 Å². The third-order valence-corrected chi connectivity index (χ3v) is 1.12. The molecule has 0 saturated carbocycles. The van der Waals surface area contributed by atoms with Crippen LogP contribution in [-0.2, 0) is 4.79 Å². The summed E-state index contributed by atoms with van der Waals surface area (Å²) in [6.07, 6.45) is 0.850. The molecular formula is C10H13O2-. The van der Waals surface area contributed by atoms with Crippen LogP contribution in [0.2, 0.25) is 0 Å². The Morgan fingerprint density at radius 2 is 1.42 bits per heavy atom. The first-order chi connectivity index (χ1) is 5.77. The fourth-order valence-electron chi connectivity index (χ4n) is 0.589. The SMILES string of the molecule is CCCC(=O)[O-].c1ccccc1. The van der Waals surface area contributed by atoms with Gasteiger partial charge in [-0.2, -0.15) is 0 Å². The molecule has 0 heterocycles. The number of rotatable bonds is 2. The number of benzene rings is 1. The molecule has 0 radical (unpaired) electrons. The predicted octanol–water partition coefficient (Wildman–Crippen LogP) is 1.22. The summed E-state index contributed by atoms with van der Waals surface area (Å²) in [5, 5.41) is 9.49. The van der Waals surface area contributed by atoms with Crippen molar-refractivity contribution in [3.63, 3.8) is 0 Å². The summed E-state index contributed by atoms with van der Waals surface area (Å²) in [5.74, 6) is -0.961. The lowest BCUT2D eigenvalue weighted by Gasteiger charge is -1.92. The van der Waals surface area contributed by atoms with Crippen LogP contribution in [0.1, 0.15) is 19.8 Å². The minimum Gasteiger partial charge on any atom is -0.550 e. The van der Waals surface area contributed by atoms with Gasteiger partial charge in [0, 0.05) is 5.97 Å². The first-order valence-electron chi connectivity index (χ1n) is 3.97. The highest BCUT2D eigenvalue weighted by Gasteiger charge is 1.75. The monoisotopic (exact) mass is 165 g/mol. The summed E-state index contributed by atoms with van der Waals surface area (Å²) in [5.41, 5.74) is 0. The van der Waals surface area contributed by atoms with Crippen molar-refractivity contribution < 1.29 is 9.90 Å². The van der Waals surface area contributed by atoms with E-state index in [-0.39, 0.29) is 6.42 Å². The van der Waals surface area contributed by atoms with Gasteiger partial charge >= 0.3 is 0 Å². The van der Waals surface area contributed by atoms with Crippen LogP contribution in [0.3, 0.4) is 0 Å². The van der Waals surface area contributed by atoms with E-state index in [9.17, 15) is 9.90 Å². The Kier molecular flexibility index (Phi) is 6.94. The third kappa shape index (κ3) is 8.69. The second-order valence-corrected chi connectivity index (χ2v) is 2.28. The Bertz CT molecular complexity index is 168. The van der Waals surface area contributed by atoms with Crippen LogP contribution >= 0.6 is 0 Å². The minimum absolute atomic E-state index is 0.181. The number of hydrogen-bond acceptors (Lipinski definition) is 2. The summed E-state index contributed by atoms with van der Waals surface area (Å²) in [6.45, 7) is 1.80. The van der Waals surface area contributed by atoms with E-state index in [0.717, 1.165) is 0 Å². The van der Waals surface area contributed by atoms with Crippen LogP contribution in [0.5, 0.6) is 0 Å². The van der Waals surface area contributed by atoms with E-state index in [0.29, 0.717) is 6.42 Å². The van der Waals surface area contributed by atoms with Crippen molar-refractivity contribution in [1.29, 1.82) is 0 Å². The Hall–Kier alpha value is -1.31. The van der Waals surface area contributed by atoms with Gasteiger partial charge in [0.05, 0.1) is 0 Å². The summed E-state index contributed by atoms with van der Waals surface area (Å²) >= 11 is 0. The molecule has 1 aromatic carbocycles. The van der Waals surface area contributed by atoms with E-state index in [1.54, 1.807) is 6.92 Å². The highest BCUT2D eigenvalue weighted by atomic mass is 16.4. The zero-order valence-electron chi connectivity index (χ0n) is 7.19. The number of carboxylic acids is 1. The van der Waals surface area contributed by atoms with Gasteiger partial charge in [-0.1, -0.05) is 49.7 Å². The molecule has 0 N–H and O–H groups in total. The van der Waals surface area contributed by atoms with Crippen LogP contribution in [0.15, 0.2) is 36.4 Å². The van der Waals surface area contributed by atoms with Crippen LogP contribution in [-0.4, -0.2) is 5.97 Å². The largest absolute Gasteiger partial charge is 0.550 e. The molecule has 0 spiro atoms. The summed E-state index contributed by atoms with van der Waals surface area (Å²) < 4.78 is 0. The van der Waals surface area contributed by atoms with E-state index < -0.39 is 5.97 Å². The lowest BCUT2D eigenvalue weighted by atomic mass is 10.4. The fourth-order valence-corrected chi connectivity index (χ4v) is 0.589. The molecule has 2 nitrogen and oxygen atoms in total. The highest BCUT2D eigenvalue weighted by molar-refractivity contribution is 5.63. The molecule has 0 bridgehead atoms. The zero-order valence-corrected chi connectivity index (χ0v) is 7.19. The molecule has 0 aliphatic carbocycles. The maximum absolute atomic E-state index is 9.49. The van der Waals surface area contributed by atoms with Gasteiger partial charge in [-0.15, -0.1) is 0 Å². The number of carboxylic acid groups (broad SMARTS) is 1. The normalized spacial score (nSPS) is 8.08. The maximum atomic E-state index is 9.49. The van der Waals surface area contributed by atoms with Crippen molar-refractivity contribution in [3.8, 4) is 0 Å². The van der Waals surface area contributed by atoms with Gasteiger partial charge in [0.2, 0.25) is 0 Å². The number of carbonyl (C=O) groups excluding carboxylic acids is 1. The van der Waals surface area contributed by atoms with Crippen molar-refractivity contribution in [2.45, 2.75) is 19.8 Å². The fraction of sp³-hybridized carbons (Fsp3) is 0.300. The molecule has 0 aromatic heterocycles. The molecule has 2 heteroatoms. The van der Waals surface area contributed by atoms with E-state index in [1.165, 1.54) is 0 Å². The Morgan fingerprint density at radius 1 is 1.08 bits per heavy atom. The second-order valence-electron chi connectivity index (χ2n) is 2.28. The molecule has 0 saturated heterocycles. The van der Waals surface area contributed by atoms with Crippen molar-refractivity contribution in [2.75, 3.05) is 0 Å². The van der Waals surface area contributed by atoms with Gasteiger partial charge in [0.25, 0.3) is 0 Å². The molecule has 1 aromatic rings. The van der Waals surface area contributed by atoms with E-state index in [1.807, 2.05) is 36.4 Å². The van der Waals surface area contributed by atoms with Crippen LogP contribution in [0.25, 0.3) is 0 Å².